The number of aliphatic hydroxyl groups is 2. The van der Waals surface area contributed by atoms with Gasteiger partial charge in [0.15, 0.2) is 0 Å². The smallest absolute Gasteiger partial charge is 0.266 e. The maximum absolute atomic E-state index is 12.8. The first-order valence-corrected chi connectivity index (χ1v) is 16.0. The molecule has 4 fully saturated rings. The van der Waals surface area contributed by atoms with Gasteiger partial charge in [0.25, 0.3) is 10.1 Å². The van der Waals surface area contributed by atoms with Gasteiger partial charge in [0.1, 0.15) is 0 Å². The molecule has 0 aromatic heterocycles. The largest absolute Gasteiger partial charge is 0.393 e. The van der Waals surface area contributed by atoms with Crippen LogP contribution < -0.4 is 0 Å². The van der Waals surface area contributed by atoms with Crippen molar-refractivity contribution in [2.45, 2.75) is 104 Å². The zero-order valence-corrected chi connectivity index (χ0v) is 23.5. The molecular weight excluding hydrogens is 478 g/mol. The monoisotopic (exact) mass is 527 g/mol. The van der Waals surface area contributed by atoms with E-state index in [1.807, 2.05) is 6.92 Å². The summed E-state index contributed by atoms with van der Waals surface area (Å²) >= 11 is 0. The molecule has 4 aliphatic rings. The van der Waals surface area contributed by atoms with Crippen molar-refractivity contribution in [1.82, 2.24) is 4.90 Å². The molecule has 8 heteroatoms. The molecule has 0 spiro atoms. The SMILES string of the molecule is CCN(CCS(=O)(=O)O)C(=O)CC[C@@H](C)[C@H]1CCC2C3C(O)CC4C[C@H](O)CC[C@]4(C)C3CC[C@@]21C. The number of hydrogen-bond acceptors (Lipinski definition) is 5. The molecule has 36 heavy (non-hydrogen) atoms. The Kier molecular flexibility index (Phi) is 8.23. The van der Waals surface area contributed by atoms with Gasteiger partial charge in [0, 0.05) is 19.5 Å². The number of aliphatic hydroxyl groups excluding tert-OH is 2. The van der Waals surface area contributed by atoms with Gasteiger partial charge in [-0.15, -0.1) is 0 Å². The second kappa shape index (κ2) is 10.5. The summed E-state index contributed by atoms with van der Waals surface area (Å²) in [5.41, 5.74) is 0.406. The van der Waals surface area contributed by atoms with Crippen LogP contribution >= 0.6 is 0 Å². The van der Waals surface area contributed by atoms with Crippen molar-refractivity contribution in [3.63, 3.8) is 0 Å². The molecule has 0 saturated heterocycles. The summed E-state index contributed by atoms with van der Waals surface area (Å²) in [5.74, 6) is 2.26. The van der Waals surface area contributed by atoms with Crippen LogP contribution in [0.15, 0.2) is 0 Å². The van der Waals surface area contributed by atoms with Crippen LogP contribution in [0.2, 0.25) is 0 Å². The maximum Gasteiger partial charge on any atom is 0.266 e. The minimum absolute atomic E-state index is 0.0313. The van der Waals surface area contributed by atoms with Crippen LogP contribution in [0.5, 0.6) is 0 Å². The fourth-order valence-corrected chi connectivity index (χ4v) is 10.0. The number of rotatable bonds is 8. The molecule has 0 aromatic rings. The van der Waals surface area contributed by atoms with Crippen LogP contribution in [0.3, 0.4) is 0 Å². The lowest BCUT2D eigenvalue weighted by molar-refractivity contribution is -0.174. The second-order valence-corrected chi connectivity index (χ2v) is 14.8. The van der Waals surface area contributed by atoms with Gasteiger partial charge in [-0.1, -0.05) is 20.8 Å². The molecule has 7 nitrogen and oxygen atoms in total. The van der Waals surface area contributed by atoms with Gasteiger partial charge in [-0.25, -0.2) is 0 Å². The van der Waals surface area contributed by atoms with E-state index in [0.717, 1.165) is 51.4 Å². The standard InChI is InChI=1S/C28H49NO6S/c1-5-29(14-15-36(33,34)35)25(32)9-6-18(2)21-7-8-22-26-23(11-13-28(21,22)4)27(3)12-10-20(30)16-19(27)17-24(26)31/h18-24,26,30-31H,5-17H2,1-4H3,(H,33,34,35)/t18-,19?,20-,21-,22?,23?,24?,26?,27+,28-/m1/s1. The van der Waals surface area contributed by atoms with Gasteiger partial charge >= 0.3 is 0 Å². The Bertz CT molecular complexity index is 910. The van der Waals surface area contributed by atoms with E-state index in [2.05, 4.69) is 20.8 Å². The fraction of sp³-hybridized carbons (Fsp3) is 0.964. The summed E-state index contributed by atoms with van der Waals surface area (Å²) in [5, 5.41) is 21.7. The summed E-state index contributed by atoms with van der Waals surface area (Å²) in [6.07, 6.45) is 8.94. The summed E-state index contributed by atoms with van der Waals surface area (Å²) in [7, 11) is -4.08. The van der Waals surface area contributed by atoms with Crippen molar-refractivity contribution in [3.05, 3.63) is 0 Å². The zero-order chi connectivity index (χ0) is 26.5. The Morgan fingerprint density at radius 3 is 2.36 bits per heavy atom. The summed E-state index contributed by atoms with van der Waals surface area (Å²) in [6, 6.07) is 0. The van der Waals surface area contributed by atoms with Gasteiger partial charge in [0.2, 0.25) is 5.91 Å². The van der Waals surface area contributed by atoms with Crippen molar-refractivity contribution in [3.8, 4) is 0 Å². The molecule has 0 heterocycles. The highest BCUT2D eigenvalue weighted by molar-refractivity contribution is 7.85. The first-order valence-electron chi connectivity index (χ1n) is 14.4. The average Bonchev–Trinajstić information content (AvgIpc) is 3.15. The third kappa shape index (κ3) is 5.26. The summed E-state index contributed by atoms with van der Waals surface area (Å²) in [6.45, 7) is 9.45. The molecule has 1 amide bonds. The normalized spacial score (nSPS) is 43.2. The Morgan fingerprint density at radius 1 is 1.03 bits per heavy atom. The Balaban J connectivity index is 1.41. The van der Waals surface area contributed by atoms with E-state index in [-0.39, 0.29) is 35.5 Å². The molecule has 208 valence electrons. The highest BCUT2D eigenvalue weighted by Gasteiger charge is 2.62. The number of carbonyl (C=O) groups excluding carboxylic acids is 1. The van der Waals surface area contributed by atoms with Gasteiger partial charge in [-0.2, -0.15) is 8.42 Å². The maximum atomic E-state index is 12.8. The van der Waals surface area contributed by atoms with E-state index in [1.54, 1.807) is 0 Å². The predicted octanol–water partition coefficient (Wildman–Crippen LogP) is 4.13. The molecule has 0 aromatic carbocycles. The summed E-state index contributed by atoms with van der Waals surface area (Å²) < 4.78 is 31.3. The lowest BCUT2D eigenvalue weighted by Crippen LogP contribution is -2.58. The van der Waals surface area contributed by atoms with Crippen molar-refractivity contribution >= 4 is 16.0 Å². The van der Waals surface area contributed by atoms with Crippen LogP contribution in [0.25, 0.3) is 0 Å². The minimum atomic E-state index is -4.08. The highest BCUT2D eigenvalue weighted by Crippen LogP contribution is 2.68. The van der Waals surface area contributed by atoms with Gasteiger partial charge in [-0.05, 0) is 111 Å². The zero-order valence-electron chi connectivity index (χ0n) is 22.7. The lowest BCUT2D eigenvalue weighted by atomic mass is 9.43. The van der Waals surface area contributed by atoms with Crippen molar-refractivity contribution in [1.29, 1.82) is 0 Å². The Hall–Kier alpha value is -0.700. The fourth-order valence-electron chi connectivity index (χ4n) is 9.57. The minimum Gasteiger partial charge on any atom is -0.393 e. The Morgan fingerprint density at radius 2 is 1.69 bits per heavy atom. The van der Waals surface area contributed by atoms with Crippen LogP contribution in [-0.2, 0) is 14.9 Å². The number of nitrogens with zero attached hydrogens (tertiary/aromatic N) is 1. The predicted molar refractivity (Wildman–Crippen MR) is 140 cm³/mol. The quantitative estimate of drug-likeness (QED) is 0.409. The van der Waals surface area contributed by atoms with Crippen LogP contribution in [0.4, 0.5) is 0 Å². The molecule has 4 saturated carbocycles. The van der Waals surface area contributed by atoms with Gasteiger partial charge < -0.3 is 15.1 Å². The molecule has 3 N–H and O–H groups in total. The molecule has 0 radical (unpaired) electrons. The second-order valence-electron chi connectivity index (χ2n) is 13.2. The number of amides is 1. The molecule has 5 unspecified atom stereocenters. The van der Waals surface area contributed by atoms with E-state index >= 15 is 0 Å². The molecular formula is C28H49NO6S. The molecule has 0 aliphatic heterocycles. The molecule has 4 rings (SSSR count). The molecule has 10 atom stereocenters. The first-order chi connectivity index (χ1) is 16.8. The molecule has 4 aliphatic carbocycles. The van der Waals surface area contributed by atoms with Gasteiger partial charge in [-0.3, -0.25) is 9.35 Å². The third-order valence-corrected chi connectivity index (χ3v) is 12.3. The third-order valence-electron chi connectivity index (χ3n) is 11.6. The van der Waals surface area contributed by atoms with Crippen molar-refractivity contribution in [2.24, 2.45) is 46.3 Å². The number of hydrogen-bond donors (Lipinski definition) is 3. The van der Waals surface area contributed by atoms with E-state index in [9.17, 15) is 23.4 Å². The van der Waals surface area contributed by atoms with E-state index in [4.69, 9.17) is 4.55 Å². The van der Waals surface area contributed by atoms with Crippen LogP contribution in [0.1, 0.15) is 91.9 Å². The summed E-state index contributed by atoms with van der Waals surface area (Å²) in [4.78, 5) is 14.3. The molecule has 0 bridgehead atoms. The van der Waals surface area contributed by atoms with E-state index in [1.165, 1.54) is 11.3 Å². The highest BCUT2D eigenvalue weighted by atomic mass is 32.2. The van der Waals surface area contributed by atoms with Crippen LogP contribution in [0, 0.1) is 46.3 Å². The number of fused-ring (bicyclic) bond motifs is 5. The van der Waals surface area contributed by atoms with Crippen molar-refractivity contribution < 1.29 is 28.0 Å². The number of carbonyl (C=O) groups is 1. The lowest BCUT2D eigenvalue weighted by Gasteiger charge is -2.62. The topological polar surface area (TPSA) is 115 Å². The van der Waals surface area contributed by atoms with E-state index < -0.39 is 15.9 Å². The van der Waals surface area contributed by atoms with Crippen molar-refractivity contribution in [2.75, 3.05) is 18.8 Å². The Labute approximate surface area is 218 Å². The van der Waals surface area contributed by atoms with E-state index in [0.29, 0.717) is 48.5 Å². The van der Waals surface area contributed by atoms with Crippen LogP contribution in [-0.4, -0.2) is 65.0 Å². The van der Waals surface area contributed by atoms with Gasteiger partial charge in [0.05, 0.1) is 18.0 Å². The first kappa shape index (κ1) is 28.3. The average molecular weight is 528 g/mol.